The summed E-state index contributed by atoms with van der Waals surface area (Å²) in [5.41, 5.74) is 0.757. The number of carbonyl (C=O) groups is 1. The van der Waals surface area contributed by atoms with Crippen molar-refractivity contribution in [1.82, 2.24) is 10.6 Å². The predicted molar refractivity (Wildman–Crippen MR) is 87.0 cm³/mol. The number of fused-ring (bicyclic) bond motifs is 3. The summed E-state index contributed by atoms with van der Waals surface area (Å²) in [6.45, 7) is 1.84. The summed E-state index contributed by atoms with van der Waals surface area (Å²) < 4.78 is 14.8. The minimum absolute atomic E-state index is 0.0515. The van der Waals surface area contributed by atoms with Crippen LogP contribution in [0.15, 0.2) is 18.2 Å². The summed E-state index contributed by atoms with van der Waals surface area (Å²) in [5.74, 6) is -0.297. The van der Waals surface area contributed by atoms with Gasteiger partial charge >= 0.3 is 0 Å². The van der Waals surface area contributed by atoms with Crippen molar-refractivity contribution in [2.24, 2.45) is 0 Å². The third-order valence-corrected chi connectivity index (χ3v) is 6.17. The molecule has 4 rings (SSSR count). The molecule has 3 heterocycles. The Kier molecular flexibility index (Phi) is 3.42. The van der Waals surface area contributed by atoms with Gasteiger partial charge in [0.2, 0.25) is 0 Å². The van der Waals surface area contributed by atoms with E-state index < -0.39 is 0 Å². The molecule has 2 N–H and O–H groups in total. The minimum Gasteiger partial charge on any atom is -0.348 e. The highest BCUT2D eigenvalue weighted by Crippen LogP contribution is 2.33. The highest BCUT2D eigenvalue weighted by molar-refractivity contribution is 7.21. The van der Waals surface area contributed by atoms with Crippen molar-refractivity contribution in [3.63, 3.8) is 0 Å². The molecular weight excluding hydrogens is 299 g/mol. The fraction of sp³-hybridized carbons (Fsp3) is 0.471. The van der Waals surface area contributed by atoms with Gasteiger partial charge in [-0.2, -0.15) is 0 Å². The maximum absolute atomic E-state index is 14.0. The molecule has 2 aliphatic rings. The second kappa shape index (κ2) is 5.32. The van der Waals surface area contributed by atoms with Crippen LogP contribution in [-0.4, -0.2) is 24.0 Å². The number of piperidine rings is 1. The van der Waals surface area contributed by atoms with Crippen LogP contribution in [0, 0.1) is 12.7 Å². The van der Waals surface area contributed by atoms with Crippen molar-refractivity contribution < 1.29 is 9.18 Å². The molecule has 2 fully saturated rings. The predicted octanol–water partition coefficient (Wildman–Crippen LogP) is 3.36. The number of rotatable bonds is 2. The lowest BCUT2D eigenvalue weighted by molar-refractivity contribution is 0.0927. The summed E-state index contributed by atoms with van der Waals surface area (Å²) in [4.78, 5) is 13.2. The van der Waals surface area contributed by atoms with E-state index in [-0.39, 0.29) is 17.8 Å². The first kappa shape index (κ1) is 14.2. The largest absolute Gasteiger partial charge is 0.348 e. The van der Waals surface area contributed by atoms with Gasteiger partial charge in [-0.3, -0.25) is 4.79 Å². The number of nitrogens with one attached hydrogen (secondary N) is 2. The van der Waals surface area contributed by atoms with Crippen molar-refractivity contribution in [2.75, 3.05) is 0 Å². The van der Waals surface area contributed by atoms with Gasteiger partial charge in [-0.1, -0.05) is 6.07 Å². The van der Waals surface area contributed by atoms with E-state index in [0.717, 1.165) is 23.1 Å². The number of halogens is 1. The molecule has 116 valence electrons. The summed E-state index contributed by atoms with van der Waals surface area (Å²) in [5, 5.41) is 7.33. The van der Waals surface area contributed by atoms with E-state index in [9.17, 15) is 9.18 Å². The summed E-state index contributed by atoms with van der Waals surface area (Å²) >= 11 is 1.38. The van der Waals surface area contributed by atoms with Crippen LogP contribution in [-0.2, 0) is 0 Å². The molecule has 0 aliphatic carbocycles. The van der Waals surface area contributed by atoms with Crippen LogP contribution in [0.4, 0.5) is 4.39 Å². The fourth-order valence-corrected chi connectivity index (χ4v) is 5.02. The van der Waals surface area contributed by atoms with Crippen molar-refractivity contribution in [3.8, 4) is 0 Å². The fourth-order valence-electron chi connectivity index (χ4n) is 3.90. The molecule has 2 bridgehead atoms. The van der Waals surface area contributed by atoms with Gasteiger partial charge in [-0.25, -0.2) is 4.39 Å². The van der Waals surface area contributed by atoms with Gasteiger partial charge in [0.05, 0.1) is 4.88 Å². The molecule has 0 radical (unpaired) electrons. The molecule has 22 heavy (non-hydrogen) atoms. The molecule has 2 atom stereocenters. The van der Waals surface area contributed by atoms with E-state index in [0.29, 0.717) is 22.3 Å². The molecule has 2 unspecified atom stereocenters. The van der Waals surface area contributed by atoms with Crippen molar-refractivity contribution in [1.29, 1.82) is 0 Å². The zero-order valence-corrected chi connectivity index (χ0v) is 13.3. The molecule has 5 heteroatoms. The molecule has 0 spiro atoms. The van der Waals surface area contributed by atoms with Gasteiger partial charge in [0, 0.05) is 28.2 Å². The Morgan fingerprint density at radius 1 is 1.32 bits per heavy atom. The van der Waals surface area contributed by atoms with Crippen molar-refractivity contribution in [2.45, 2.75) is 50.7 Å². The van der Waals surface area contributed by atoms with Gasteiger partial charge in [0.25, 0.3) is 5.91 Å². The topological polar surface area (TPSA) is 41.1 Å². The standard InChI is InChI=1S/C17H19FN2OS/c1-9-15-13(18)3-2-4-14(15)22-16(9)17(21)20-12-7-10-5-6-11(8-12)19-10/h2-4,10-12,19H,5-8H2,1H3,(H,20,21). The molecule has 2 aromatic rings. The van der Waals surface area contributed by atoms with Gasteiger partial charge in [-0.15, -0.1) is 11.3 Å². The zero-order chi connectivity index (χ0) is 15.3. The summed E-state index contributed by atoms with van der Waals surface area (Å²) in [6.07, 6.45) is 4.43. The first-order chi connectivity index (χ1) is 10.6. The van der Waals surface area contributed by atoms with E-state index in [4.69, 9.17) is 0 Å². The molecule has 3 nitrogen and oxygen atoms in total. The van der Waals surface area contributed by atoms with Crippen LogP contribution >= 0.6 is 11.3 Å². The maximum Gasteiger partial charge on any atom is 0.261 e. The van der Waals surface area contributed by atoms with Crippen molar-refractivity contribution in [3.05, 3.63) is 34.5 Å². The van der Waals surface area contributed by atoms with Crippen LogP contribution in [0.3, 0.4) is 0 Å². The Labute approximate surface area is 132 Å². The number of aryl methyl sites for hydroxylation is 1. The van der Waals surface area contributed by atoms with Crippen LogP contribution < -0.4 is 10.6 Å². The van der Waals surface area contributed by atoms with E-state index in [2.05, 4.69) is 10.6 Å². The zero-order valence-electron chi connectivity index (χ0n) is 12.5. The highest BCUT2D eigenvalue weighted by atomic mass is 32.1. The van der Waals surface area contributed by atoms with Gasteiger partial charge in [-0.05, 0) is 50.3 Å². The Balaban J connectivity index is 1.58. The first-order valence-electron chi connectivity index (χ1n) is 7.86. The highest BCUT2D eigenvalue weighted by Gasteiger charge is 2.34. The van der Waals surface area contributed by atoms with Crippen LogP contribution in [0.1, 0.15) is 40.9 Å². The average Bonchev–Trinajstić information content (AvgIpc) is 3.00. The first-order valence-corrected chi connectivity index (χ1v) is 8.68. The molecule has 1 aromatic carbocycles. The quantitative estimate of drug-likeness (QED) is 0.891. The molecule has 2 saturated heterocycles. The Morgan fingerprint density at radius 2 is 2.05 bits per heavy atom. The SMILES string of the molecule is Cc1c(C(=O)NC2CC3CCC(C2)N3)sc2cccc(F)c12. The molecule has 1 aromatic heterocycles. The van der Waals surface area contributed by atoms with Crippen LogP contribution in [0.5, 0.6) is 0 Å². The molecule has 0 saturated carbocycles. The lowest BCUT2D eigenvalue weighted by Crippen LogP contribution is -2.48. The molecular formula is C17H19FN2OS. The average molecular weight is 318 g/mol. The summed E-state index contributed by atoms with van der Waals surface area (Å²) in [7, 11) is 0. The number of amides is 1. The van der Waals surface area contributed by atoms with Crippen LogP contribution in [0.2, 0.25) is 0 Å². The van der Waals surface area contributed by atoms with Gasteiger partial charge in [0.15, 0.2) is 0 Å². The van der Waals surface area contributed by atoms with E-state index in [1.807, 2.05) is 13.0 Å². The minimum atomic E-state index is -0.245. The lowest BCUT2D eigenvalue weighted by atomic mass is 9.99. The second-order valence-electron chi connectivity index (χ2n) is 6.45. The Hall–Kier alpha value is -1.46. The van der Waals surface area contributed by atoms with Gasteiger partial charge in [0.1, 0.15) is 5.82 Å². The van der Waals surface area contributed by atoms with E-state index in [1.54, 1.807) is 6.07 Å². The molecule has 2 aliphatic heterocycles. The Bertz CT molecular complexity index is 730. The number of benzene rings is 1. The Morgan fingerprint density at radius 3 is 2.73 bits per heavy atom. The maximum atomic E-state index is 14.0. The third-order valence-electron chi connectivity index (χ3n) is 4.92. The molecule has 1 amide bonds. The van der Waals surface area contributed by atoms with Crippen LogP contribution in [0.25, 0.3) is 10.1 Å². The summed E-state index contributed by atoms with van der Waals surface area (Å²) in [6, 6.07) is 6.35. The number of carbonyl (C=O) groups excluding carboxylic acids is 1. The van der Waals surface area contributed by atoms with Gasteiger partial charge < -0.3 is 10.6 Å². The van der Waals surface area contributed by atoms with E-state index >= 15 is 0 Å². The monoisotopic (exact) mass is 318 g/mol. The van der Waals surface area contributed by atoms with Crippen molar-refractivity contribution >= 4 is 27.3 Å². The smallest absolute Gasteiger partial charge is 0.261 e. The van der Waals surface area contributed by atoms with E-state index in [1.165, 1.54) is 30.2 Å². The number of hydrogen-bond acceptors (Lipinski definition) is 3. The number of hydrogen-bond donors (Lipinski definition) is 2. The number of thiophene rings is 1. The second-order valence-corrected chi connectivity index (χ2v) is 7.50. The third kappa shape index (κ3) is 2.32. The lowest BCUT2D eigenvalue weighted by Gasteiger charge is -2.29. The normalized spacial score (nSPS) is 27.3.